The fraction of sp³-hybridized carbons (Fsp3) is 0.600. The van der Waals surface area contributed by atoms with E-state index in [0.717, 1.165) is 11.6 Å². The van der Waals surface area contributed by atoms with Gasteiger partial charge in [0.1, 0.15) is 18.0 Å². The molecular weight excluding hydrogens is 208 g/mol. The maximum atomic E-state index is 5.51. The smallest absolute Gasteiger partial charge is 0.131 e. The quantitative estimate of drug-likeness (QED) is 0.769. The van der Waals surface area contributed by atoms with Crippen molar-refractivity contribution < 1.29 is 9.47 Å². The Labute approximate surface area is 94.4 Å². The van der Waals surface area contributed by atoms with Gasteiger partial charge in [-0.25, -0.2) is 9.97 Å². The number of hydrogen-bond acceptors (Lipinski definition) is 6. The number of rotatable bonds is 4. The third kappa shape index (κ3) is 3.04. The summed E-state index contributed by atoms with van der Waals surface area (Å²) in [6.07, 6.45) is 1.62. The Morgan fingerprint density at radius 3 is 3.00 bits per heavy atom. The van der Waals surface area contributed by atoms with E-state index < -0.39 is 0 Å². The molecule has 88 valence electrons. The van der Waals surface area contributed by atoms with Gasteiger partial charge in [0.25, 0.3) is 0 Å². The molecule has 0 bridgehead atoms. The van der Waals surface area contributed by atoms with Crippen LogP contribution in [0.5, 0.6) is 0 Å². The normalized spacial score (nSPS) is 20.4. The van der Waals surface area contributed by atoms with E-state index in [0.29, 0.717) is 26.4 Å². The molecule has 16 heavy (non-hydrogen) atoms. The van der Waals surface area contributed by atoms with E-state index >= 15 is 0 Å². The van der Waals surface area contributed by atoms with Crippen LogP contribution in [-0.4, -0.2) is 49.5 Å². The second-order valence-electron chi connectivity index (χ2n) is 3.49. The number of ether oxygens (including phenoxy) is 2. The average molecular weight is 224 g/mol. The summed E-state index contributed by atoms with van der Waals surface area (Å²) in [5.41, 5.74) is 0. The van der Waals surface area contributed by atoms with Crippen LogP contribution in [0, 0.1) is 0 Å². The molecule has 0 amide bonds. The zero-order valence-corrected chi connectivity index (χ0v) is 9.27. The highest BCUT2D eigenvalue weighted by Gasteiger charge is 2.13. The van der Waals surface area contributed by atoms with E-state index in [2.05, 4.69) is 20.6 Å². The van der Waals surface area contributed by atoms with Crippen molar-refractivity contribution in [3.05, 3.63) is 12.4 Å². The number of nitrogens with zero attached hydrogens (tertiary/aromatic N) is 2. The summed E-state index contributed by atoms with van der Waals surface area (Å²) in [7, 11) is 1.82. The van der Waals surface area contributed by atoms with Gasteiger partial charge in [0.15, 0.2) is 0 Å². The van der Waals surface area contributed by atoms with Gasteiger partial charge in [-0.1, -0.05) is 0 Å². The van der Waals surface area contributed by atoms with Gasteiger partial charge in [0.2, 0.25) is 0 Å². The van der Waals surface area contributed by atoms with Crippen molar-refractivity contribution >= 4 is 11.6 Å². The SMILES string of the molecule is CNc1cc(NCC2COCCO2)ncn1. The second-order valence-corrected chi connectivity index (χ2v) is 3.49. The minimum Gasteiger partial charge on any atom is -0.376 e. The Balaban J connectivity index is 1.83. The van der Waals surface area contributed by atoms with E-state index in [1.54, 1.807) is 0 Å². The number of anilines is 2. The van der Waals surface area contributed by atoms with Crippen LogP contribution < -0.4 is 10.6 Å². The molecule has 0 aliphatic carbocycles. The van der Waals surface area contributed by atoms with Crippen LogP contribution in [0.25, 0.3) is 0 Å². The Morgan fingerprint density at radius 2 is 2.25 bits per heavy atom. The standard InChI is InChI=1S/C10H16N4O2/c1-11-9-4-10(14-7-13-9)12-5-8-6-15-2-3-16-8/h4,7-8H,2-3,5-6H2,1H3,(H2,11,12,13,14). The molecule has 0 saturated carbocycles. The number of aromatic nitrogens is 2. The average Bonchev–Trinajstić information content (AvgIpc) is 2.38. The Morgan fingerprint density at radius 1 is 1.38 bits per heavy atom. The molecule has 2 N–H and O–H groups in total. The van der Waals surface area contributed by atoms with Crippen molar-refractivity contribution in [2.24, 2.45) is 0 Å². The van der Waals surface area contributed by atoms with Gasteiger partial charge in [0, 0.05) is 19.7 Å². The molecule has 1 aromatic rings. The van der Waals surface area contributed by atoms with Crippen molar-refractivity contribution in [1.82, 2.24) is 9.97 Å². The first-order chi connectivity index (χ1) is 7.88. The van der Waals surface area contributed by atoms with Gasteiger partial charge in [-0.2, -0.15) is 0 Å². The predicted molar refractivity (Wildman–Crippen MR) is 60.6 cm³/mol. The van der Waals surface area contributed by atoms with E-state index in [4.69, 9.17) is 9.47 Å². The first-order valence-corrected chi connectivity index (χ1v) is 5.31. The summed E-state index contributed by atoms with van der Waals surface area (Å²) in [6, 6.07) is 1.85. The van der Waals surface area contributed by atoms with Crippen LogP contribution in [0.15, 0.2) is 12.4 Å². The summed E-state index contributed by atoms with van der Waals surface area (Å²) in [5.74, 6) is 1.58. The van der Waals surface area contributed by atoms with Gasteiger partial charge in [-0.3, -0.25) is 0 Å². The van der Waals surface area contributed by atoms with Gasteiger partial charge in [-0.15, -0.1) is 0 Å². The number of nitrogens with one attached hydrogen (secondary N) is 2. The molecule has 0 spiro atoms. The fourth-order valence-corrected chi connectivity index (χ4v) is 1.46. The molecule has 2 heterocycles. The third-order valence-corrected chi connectivity index (χ3v) is 2.32. The fourth-order valence-electron chi connectivity index (χ4n) is 1.46. The van der Waals surface area contributed by atoms with Crippen LogP contribution in [0.2, 0.25) is 0 Å². The van der Waals surface area contributed by atoms with Crippen molar-refractivity contribution in [3.8, 4) is 0 Å². The van der Waals surface area contributed by atoms with Gasteiger partial charge in [-0.05, 0) is 0 Å². The van der Waals surface area contributed by atoms with Crippen LogP contribution in [0.1, 0.15) is 0 Å². The molecule has 1 fully saturated rings. The highest BCUT2D eigenvalue weighted by Crippen LogP contribution is 2.08. The van der Waals surface area contributed by atoms with Gasteiger partial charge < -0.3 is 20.1 Å². The molecule has 2 rings (SSSR count). The van der Waals surface area contributed by atoms with E-state index in [-0.39, 0.29) is 6.10 Å². The van der Waals surface area contributed by atoms with Crippen LogP contribution in [-0.2, 0) is 9.47 Å². The molecule has 6 heteroatoms. The lowest BCUT2D eigenvalue weighted by molar-refractivity contribution is -0.0819. The number of hydrogen-bond donors (Lipinski definition) is 2. The topological polar surface area (TPSA) is 68.3 Å². The largest absolute Gasteiger partial charge is 0.376 e. The van der Waals surface area contributed by atoms with Gasteiger partial charge in [0.05, 0.1) is 25.9 Å². The molecule has 1 aliphatic heterocycles. The summed E-state index contributed by atoms with van der Waals surface area (Å²) < 4.78 is 10.8. The van der Waals surface area contributed by atoms with Crippen molar-refractivity contribution in [2.45, 2.75) is 6.10 Å². The maximum absolute atomic E-state index is 5.51. The van der Waals surface area contributed by atoms with Crippen LogP contribution >= 0.6 is 0 Å². The molecule has 1 aliphatic rings. The molecule has 1 unspecified atom stereocenters. The first kappa shape index (κ1) is 11.1. The zero-order chi connectivity index (χ0) is 11.2. The Hall–Kier alpha value is -1.40. The molecule has 1 saturated heterocycles. The van der Waals surface area contributed by atoms with Gasteiger partial charge >= 0.3 is 0 Å². The Bertz CT molecular complexity index is 328. The summed E-state index contributed by atoms with van der Waals surface area (Å²) >= 11 is 0. The lowest BCUT2D eigenvalue weighted by atomic mass is 10.3. The molecule has 1 aromatic heterocycles. The molecule has 6 nitrogen and oxygen atoms in total. The van der Waals surface area contributed by atoms with Crippen LogP contribution in [0.4, 0.5) is 11.6 Å². The second kappa shape index (κ2) is 5.62. The molecule has 0 aromatic carbocycles. The van der Waals surface area contributed by atoms with Crippen molar-refractivity contribution in [3.63, 3.8) is 0 Å². The summed E-state index contributed by atoms with van der Waals surface area (Å²) in [4.78, 5) is 8.15. The van der Waals surface area contributed by atoms with Crippen molar-refractivity contribution in [1.29, 1.82) is 0 Å². The minimum atomic E-state index is 0.0988. The first-order valence-electron chi connectivity index (χ1n) is 5.31. The van der Waals surface area contributed by atoms with Crippen molar-refractivity contribution in [2.75, 3.05) is 44.0 Å². The monoisotopic (exact) mass is 224 g/mol. The summed E-state index contributed by atoms with van der Waals surface area (Å²) in [5, 5.41) is 6.15. The van der Waals surface area contributed by atoms with E-state index in [1.165, 1.54) is 6.33 Å². The Kier molecular flexibility index (Phi) is 3.90. The molecule has 1 atom stereocenters. The van der Waals surface area contributed by atoms with E-state index in [1.807, 2.05) is 13.1 Å². The summed E-state index contributed by atoms with van der Waals surface area (Å²) in [6.45, 7) is 2.68. The lowest BCUT2D eigenvalue weighted by Crippen LogP contribution is -2.34. The lowest BCUT2D eigenvalue weighted by Gasteiger charge is -2.23. The third-order valence-electron chi connectivity index (χ3n) is 2.32. The maximum Gasteiger partial charge on any atom is 0.131 e. The zero-order valence-electron chi connectivity index (χ0n) is 9.27. The highest BCUT2D eigenvalue weighted by molar-refractivity contribution is 5.45. The minimum absolute atomic E-state index is 0.0988. The van der Waals surface area contributed by atoms with Crippen LogP contribution in [0.3, 0.4) is 0 Å². The molecular formula is C10H16N4O2. The molecule has 0 radical (unpaired) electrons. The predicted octanol–water partition coefficient (Wildman–Crippen LogP) is 0.346. The van der Waals surface area contributed by atoms with E-state index in [9.17, 15) is 0 Å². The highest BCUT2D eigenvalue weighted by atomic mass is 16.6.